The molecule has 3 nitrogen and oxygen atoms in total. The van der Waals surface area contributed by atoms with Crippen LogP contribution in [0.3, 0.4) is 0 Å². The van der Waals surface area contributed by atoms with E-state index in [1.54, 1.807) is 0 Å². The lowest BCUT2D eigenvalue weighted by atomic mass is 10.1. The lowest BCUT2D eigenvalue weighted by molar-refractivity contribution is 0.0953. The first-order chi connectivity index (χ1) is 7.36. The highest BCUT2D eigenvalue weighted by atomic mass is 16.1. The van der Waals surface area contributed by atoms with Crippen LogP contribution in [-0.4, -0.2) is 10.5 Å². The summed E-state index contributed by atoms with van der Waals surface area (Å²) in [5.41, 5.74) is 2.79. The topological polar surface area (TPSA) is 34.0 Å². The lowest BCUT2D eigenvalue weighted by Gasteiger charge is -2.06. The van der Waals surface area contributed by atoms with Gasteiger partial charge in [0.1, 0.15) is 0 Å². The monoisotopic (exact) mass is 198 g/mol. The maximum absolute atomic E-state index is 11.7. The minimum atomic E-state index is -0.00528. The van der Waals surface area contributed by atoms with Gasteiger partial charge in [-0.2, -0.15) is 0 Å². The number of rotatable bonds is 0. The molecule has 0 radical (unpaired) electrons. The third-order valence-corrected chi connectivity index (χ3v) is 2.67. The Morgan fingerprint density at radius 3 is 2.93 bits per heavy atom. The molecule has 3 rings (SSSR count). The third kappa shape index (κ3) is 1.16. The van der Waals surface area contributed by atoms with E-state index in [2.05, 4.69) is 5.32 Å². The fourth-order valence-electron chi connectivity index (χ4n) is 1.94. The summed E-state index contributed by atoms with van der Waals surface area (Å²) in [6.07, 6.45) is 1.98. The molecule has 0 atom stereocenters. The van der Waals surface area contributed by atoms with Gasteiger partial charge in [-0.3, -0.25) is 4.79 Å². The van der Waals surface area contributed by atoms with Crippen molar-refractivity contribution in [3.63, 3.8) is 0 Å². The number of hydrogen-bond donors (Lipinski definition) is 1. The molecule has 0 fully saturated rings. The van der Waals surface area contributed by atoms with Gasteiger partial charge in [0, 0.05) is 11.9 Å². The van der Waals surface area contributed by atoms with Crippen LogP contribution < -0.4 is 5.32 Å². The van der Waals surface area contributed by atoms with Crippen LogP contribution in [-0.2, 0) is 6.54 Å². The van der Waals surface area contributed by atoms with E-state index in [1.807, 2.05) is 47.2 Å². The van der Waals surface area contributed by atoms with Gasteiger partial charge >= 0.3 is 0 Å². The second kappa shape index (κ2) is 2.98. The summed E-state index contributed by atoms with van der Waals surface area (Å²) in [5.74, 6) is -0.00528. The fourth-order valence-corrected chi connectivity index (χ4v) is 1.94. The van der Waals surface area contributed by atoms with Crippen LogP contribution in [0.15, 0.2) is 42.6 Å². The van der Waals surface area contributed by atoms with Crippen molar-refractivity contribution < 1.29 is 4.79 Å². The number of para-hydroxylation sites is 1. The number of benzene rings is 1. The predicted octanol–water partition coefficient (Wildman–Crippen LogP) is 1.72. The molecule has 1 aromatic heterocycles. The molecule has 15 heavy (non-hydrogen) atoms. The molecule has 1 N–H and O–H groups in total. The summed E-state index contributed by atoms with van der Waals surface area (Å²) in [7, 11) is 0. The largest absolute Gasteiger partial charge is 0.346 e. The molecule has 1 aliphatic rings. The van der Waals surface area contributed by atoms with E-state index in [1.165, 1.54) is 0 Å². The van der Waals surface area contributed by atoms with Crippen molar-refractivity contribution in [2.24, 2.45) is 0 Å². The Balaban J connectivity index is 2.32. The van der Waals surface area contributed by atoms with Gasteiger partial charge in [-0.05, 0) is 24.3 Å². The summed E-state index contributed by atoms with van der Waals surface area (Å²) < 4.78 is 2.05. The lowest BCUT2D eigenvalue weighted by Crippen LogP contribution is -2.21. The zero-order valence-corrected chi connectivity index (χ0v) is 8.10. The number of aromatic nitrogens is 1. The summed E-state index contributed by atoms with van der Waals surface area (Å²) in [4.78, 5) is 11.7. The van der Waals surface area contributed by atoms with Crippen LogP contribution >= 0.6 is 0 Å². The summed E-state index contributed by atoms with van der Waals surface area (Å²) in [5, 5.41) is 2.88. The second-order valence-corrected chi connectivity index (χ2v) is 3.57. The van der Waals surface area contributed by atoms with Crippen LogP contribution in [0.2, 0.25) is 0 Å². The molecule has 0 aliphatic carbocycles. The third-order valence-electron chi connectivity index (χ3n) is 2.67. The molecule has 0 unspecified atom stereocenters. The number of nitrogens with one attached hydrogen (secondary N) is 1. The van der Waals surface area contributed by atoms with Crippen molar-refractivity contribution in [3.05, 3.63) is 53.9 Å². The van der Waals surface area contributed by atoms with Gasteiger partial charge in [0.25, 0.3) is 5.91 Å². The molecule has 0 bridgehead atoms. The van der Waals surface area contributed by atoms with Crippen LogP contribution in [0, 0.1) is 0 Å². The molecule has 0 saturated heterocycles. The number of nitrogens with zero attached hydrogens (tertiary/aromatic N) is 1. The van der Waals surface area contributed by atoms with Crippen LogP contribution in [0.5, 0.6) is 0 Å². The summed E-state index contributed by atoms with van der Waals surface area (Å²) in [6.45, 7) is 0.584. The van der Waals surface area contributed by atoms with Gasteiger partial charge in [0.2, 0.25) is 0 Å². The average molecular weight is 198 g/mol. The normalized spacial score (nSPS) is 13.7. The maximum Gasteiger partial charge on any atom is 0.253 e. The van der Waals surface area contributed by atoms with Crippen molar-refractivity contribution in [2.45, 2.75) is 6.54 Å². The van der Waals surface area contributed by atoms with Gasteiger partial charge in [0.05, 0.1) is 17.8 Å². The first kappa shape index (κ1) is 8.29. The molecule has 1 amide bonds. The second-order valence-electron chi connectivity index (χ2n) is 3.57. The Bertz CT molecular complexity index is 528. The van der Waals surface area contributed by atoms with Crippen molar-refractivity contribution in [1.82, 2.24) is 9.88 Å². The molecule has 2 heterocycles. The Hall–Kier alpha value is -2.03. The van der Waals surface area contributed by atoms with E-state index in [-0.39, 0.29) is 5.91 Å². The molecule has 1 aromatic carbocycles. The van der Waals surface area contributed by atoms with Gasteiger partial charge in [-0.1, -0.05) is 12.1 Å². The van der Waals surface area contributed by atoms with E-state index in [0.717, 1.165) is 16.9 Å². The van der Waals surface area contributed by atoms with Crippen molar-refractivity contribution in [2.75, 3.05) is 0 Å². The highest BCUT2D eigenvalue weighted by molar-refractivity contribution is 5.98. The van der Waals surface area contributed by atoms with Gasteiger partial charge in [-0.15, -0.1) is 0 Å². The average Bonchev–Trinajstić information content (AvgIpc) is 2.69. The smallest absolute Gasteiger partial charge is 0.253 e. The summed E-state index contributed by atoms with van der Waals surface area (Å²) in [6, 6.07) is 11.6. The molecular weight excluding hydrogens is 188 g/mol. The number of carbonyl (C=O) groups excluding carboxylic acids is 1. The predicted molar refractivity (Wildman–Crippen MR) is 56.9 cm³/mol. The summed E-state index contributed by atoms with van der Waals surface area (Å²) >= 11 is 0. The van der Waals surface area contributed by atoms with E-state index in [0.29, 0.717) is 6.54 Å². The quantitative estimate of drug-likeness (QED) is 0.687. The molecule has 1 aliphatic heterocycles. The number of fused-ring (bicyclic) bond motifs is 3. The molecular formula is C12H10N2O. The van der Waals surface area contributed by atoms with Crippen molar-refractivity contribution >= 4 is 5.91 Å². The number of carbonyl (C=O) groups is 1. The van der Waals surface area contributed by atoms with E-state index in [4.69, 9.17) is 0 Å². The fraction of sp³-hybridized carbons (Fsp3) is 0.0833. The Morgan fingerprint density at radius 2 is 2.00 bits per heavy atom. The van der Waals surface area contributed by atoms with Gasteiger partial charge in [-0.25, -0.2) is 0 Å². The highest BCUT2D eigenvalue weighted by Gasteiger charge is 2.17. The molecule has 0 saturated carbocycles. The van der Waals surface area contributed by atoms with Crippen LogP contribution in [0.4, 0.5) is 0 Å². The van der Waals surface area contributed by atoms with Crippen molar-refractivity contribution in [3.8, 4) is 5.69 Å². The number of hydrogen-bond acceptors (Lipinski definition) is 1. The Kier molecular flexibility index (Phi) is 1.65. The molecule has 0 spiro atoms. The minimum Gasteiger partial charge on any atom is -0.346 e. The zero-order chi connectivity index (χ0) is 10.3. The SMILES string of the molecule is O=C1NCc2cccn2-c2ccccc21. The highest BCUT2D eigenvalue weighted by Crippen LogP contribution is 2.20. The first-order valence-corrected chi connectivity index (χ1v) is 4.90. The van der Waals surface area contributed by atoms with Crippen LogP contribution in [0.1, 0.15) is 16.1 Å². The maximum atomic E-state index is 11.7. The number of amides is 1. The minimum absolute atomic E-state index is 0.00528. The van der Waals surface area contributed by atoms with Gasteiger partial charge in [0.15, 0.2) is 0 Å². The molecule has 3 heteroatoms. The van der Waals surface area contributed by atoms with Gasteiger partial charge < -0.3 is 9.88 Å². The van der Waals surface area contributed by atoms with E-state index in [9.17, 15) is 4.79 Å². The molecule has 74 valence electrons. The standard InChI is InChI=1S/C12H10N2O/c15-12-10-5-1-2-6-11(10)14-7-3-4-9(14)8-13-12/h1-7H,8H2,(H,13,15). The van der Waals surface area contributed by atoms with E-state index >= 15 is 0 Å². The van der Waals surface area contributed by atoms with Crippen LogP contribution in [0.25, 0.3) is 5.69 Å². The van der Waals surface area contributed by atoms with E-state index < -0.39 is 0 Å². The Morgan fingerprint density at radius 1 is 1.13 bits per heavy atom. The zero-order valence-electron chi connectivity index (χ0n) is 8.10. The first-order valence-electron chi connectivity index (χ1n) is 4.90. The Labute approximate surface area is 87.3 Å². The molecule has 2 aromatic rings. The van der Waals surface area contributed by atoms with Crippen molar-refractivity contribution in [1.29, 1.82) is 0 Å².